The summed E-state index contributed by atoms with van der Waals surface area (Å²) in [5.74, 6) is 0.515. The quantitative estimate of drug-likeness (QED) is 0.461. The summed E-state index contributed by atoms with van der Waals surface area (Å²) in [6, 6.07) is 12.7. The average molecular weight is 373 g/mol. The highest BCUT2D eigenvalue weighted by atomic mass is 32.2. The first-order chi connectivity index (χ1) is 12.5. The Bertz CT molecular complexity index is 876. The van der Waals surface area contributed by atoms with Crippen LogP contribution in [0.25, 0.3) is 0 Å². The first-order valence-electron chi connectivity index (χ1n) is 8.62. The summed E-state index contributed by atoms with van der Waals surface area (Å²) in [5, 5.41) is 7.67. The van der Waals surface area contributed by atoms with Crippen LogP contribution in [0.4, 0.5) is 5.69 Å². The maximum absolute atomic E-state index is 12.7. The lowest BCUT2D eigenvalue weighted by Gasteiger charge is -2.16. The van der Waals surface area contributed by atoms with Gasteiger partial charge in [0, 0.05) is 17.8 Å². The minimum absolute atomic E-state index is 0.0738. The van der Waals surface area contributed by atoms with Crippen molar-refractivity contribution < 1.29 is 13.2 Å². The zero-order chi connectivity index (χ0) is 18.6. The van der Waals surface area contributed by atoms with Crippen molar-refractivity contribution in [2.75, 3.05) is 32.0 Å². The lowest BCUT2D eigenvalue weighted by Crippen LogP contribution is -2.25. The lowest BCUT2D eigenvalue weighted by molar-refractivity contribution is 0.238. The number of anilines is 1. The molecule has 0 atom stereocenters. The van der Waals surface area contributed by atoms with Crippen molar-refractivity contribution in [1.29, 1.82) is 5.41 Å². The van der Waals surface area contributed by atoms with Gasteiger partial charge in [0.1, 0.15) is 12.4 Å². The molecule has 0 unspecified atom stereocenters. The maximum atomic E-state index is 12.7. The van der Waals surface area contributed by atoms with Gasteiger partial charge in [0.15, 0.2) is 5.04 Å². The van der Waals surface area contributed by atoms with Crippen LogP contribution >= 0.6 is 0 Å². The number of likely N-dealkylation sites (tertiary alicyclic amines) is 1. The highest BCUT2D eigenvalue weighted by Gasteiger charge is 2.24. The van der Waals surface area contributed by atoms with Gasteiger partial charge < -0.3 is 10.5 Å². The number of rotatable bonds is 6. The summed E-state index contributed by atoms with van der Waals surface area (Å²) in [4.78, 5) is 2.41. The smallest absolute Gasteiger partial charge is 0.223 e. The number of ether oxygens (including phenoxy) is 1. The van der Waals surface area contributed by atoms with E-state index in [1.807, 2.05) is 0 Å². The van der Waals surface area contributed by atoms with Gasteiger partial charge in [-0.25, -0.2) is 8.42 Å². The molecule has 6 nitrogen and oxygen atoms in total. The minimum Gasteiger partial charge on any atom is -0.492 e. The van der Waals surface area contributed by atoms with E-state index in [-0.39, 0.29) is 16.1 Å². The topological polar surface area (TPSA) is 96.5 Å². The third-order valence-corrected chi connectivity index (χ3v) is 6.12. The maximum Gasteiger partial charge on any atom is 0.223 e. The number of nitrogens with two attached hydrogens (primary N) is 1. The van der Waals surface area contributed by atoms with E-state index in [1.54, 1.807) is 30.3 Å². The molecular formula is C19H23N3O3S. The molecule has 1 aliphatic heterocycles. The molecule has 26 heavy (non-hydrogen) atoms. The van der Waals surface area contributed by atoms with E-state index in [4.69, 9.17) is 15.9 Å². The molecule has 0 bridgehead atoms. The zero-order valence-electron chi connectivity index (χ0n) is 14.5. The second kappa shape index (κ2) is 7.88. The summed E-state index contributed by atoms with van der Waals surface area (Å²) in [5.41, 5.74) is 6.32. The van der Waals surface area contributed by atoms with Gasteiger partial charge in [-0.1, -0.05) is 18.2 Å². The largest absolute Gasteiger partial charge is 0.492 e. The fourth-order valence-electron chi connectivity index (χ4n) is 2.98. The first kappa shape index (κ1) is 18.4. The SMILES string of the molecule is N=C(c1cc(OCCN2CCCC2)ccc1N)S(=O)(=O)c1ccccc1. The van der Waals surface area contributed by atoms with E-state index in [9.17, 15) is 8.42 Å². The minimum atomic E-state index is -3.93. The van der Waals surface area contributed by atoms with E-state index in [0.29, 0.717) is 12.4 Å². The van der Waals surface area contributed by atoms with Crippen LogP contribution in [0.2, 0.25) is 0 Å². The Kier molecular flexibility index (Phi) is 5.58. The van der Waals surface area contributed by atoms with E-state index in [1.165, 1.54) is 31.0 Å². The molecule has 1 saturated heterocycles. The Hall–Kier alpha value is -2.38. The Balaban J connectivity index is 1.75. The lowest BCUT2D eigenvalue weighted by atomic mass is 10.2. The molecule has 0 aliphatic carbocycles. The van der Waals surface area contributed by atoms with Crippen molar-refractivity contribution in [1.82, 2.24) is 4.90 Å². The van der Waals surface area contributed by atoms with Gasteiger partial charge in [-0.2, -0.15) is 0 Å². The van der Waals surface area contributed by atoms with Crippen LogP contribution in [0.5, 0.6) is 5.75 Å². The molecule has 0 aromatic heterocycles. The number of nitrogen functional groups attached to an aromatic ring is 1. The van der Waals surface area contributed by atoms with Crippen LogP contribution in [0.15, 0.2) is 53.4 Å². The molecule has 1 heterocycles. The molecule has 3 N–H and O–H groups in total. The van der Waals surface area contributed by atoms with Gasteiger partial charge in [-0.15, -0.1) is 0 Å². The first-order valence-corrected chi connectivity index (χ1v) is 10.1. The monoisotopic (exact) mass is 373 g/mol. The predicted octanol–water partition coefficient (Wildman–Crippen LogP) is 2.54. The van der Waals surface area contributed by atoms with Crippen molar-refractivity contribution in [2.45, 2.75) is 17.7 Å². The van der Waals surface area contributed by atoms with Crippen LogP contribution in [0.1, 0.15) is 18.4 Å². The van der Waals surface area contributed by atoms with Crippen LogP contribution in [-0.4, -0.2) is 44.6 Å². The number of hydrogen-bond acceptors (Lipinski definition) is 6. The van der Waals surface area contributed by atoms with Crippen LogP contribution < -0.4 is 10.5 Å². The van der Waals surface area contributed by atoms with Gasteiger partial charge in [0.2, 0.25) is 9.84 Å². The molecule has 0 radical (unpaired) electrons. The second-order valence-corrected chi connectivity index (χ2v) is 8.18. The molecule has 1 fully saturated rings. The van der Waals surface area contributed by atoms with Crippen molar-refractivity contribution in [2.24, 2.45) is 0 Å². The second-order valence-electron chi connectivity index (χ2n) is 6.29. The summed E-state index contributed by atoms with van der Waals surface area (Å²) in [6.07, 6.45) is 2.45. The van der Waals surface area contributed by atoms with E-state index >= 15 is 0 Å². The summed E-state index contributed by atoms with van der Waals surface area (Å²) >= 11 is 0. The molecular weight excluding hydrogens is 350 g/mol. The van der Waals surface area contributed by atoms with Crippen LogP contribution in [-0.2, 0) is 9.84 Å². The number of benzene rings is 2. The summed E-state index contributed by atoms with van der Waals surface area (Å²) in [6.45, 7) is 3.54. The molecule has 138 valence electrons. The van der Waals surface area contributed by atoms with Crippen molar-refractivity contribution in [3.05, 3.63) is 54.1 Å². The van der Waals surface area contributed by atoms with Crippen LogP contribution in [0.3, 0.4) is 0 Å². The zero-order valence-corrected chi connectivity index (χ0v) is 15.3. The Labute approximate surface area is 154 Å². The third kappa shape index (κ3) is 4.05. The third-order valence-electron chi connectivity index (χ3n) is 4.47. The molecule has 1 aliphatic rings. The molecule has 7 heteroatoms. The van der Waals surface area contributed by atoms with Crippen LogP contribution in [0, 0.1) is 5.41 Å². The Morgan fingerprint density at radius 3 is 2.50 bits per heavy atom. The average Bonchev–Trinajstić information content (AvgIpc) is 3.16. The highest BCUT2D eigenvalue weighted by Crippen LogP contribution is 2.25. The van der Waals surface area contributed by atoms with Gasteiger partial charge >= 0.3 is 0 Å². The molecule has 0 spiro atoms. The number of sulfone groups is 1. The van der Waals surface area contributed by atoms with Gasteiger partial charge in [0.25, 0.3) is 0 Å². The highest BCUT2D eigenvalue weighted by molar-refractivity contribution is 8.06. The van der Waals surface area contributed by atoms with E-state index < -0.39 is 14.9 Å². The van der Waals surface area contributed by atoms with Gasteiger partial charge in [0.05, 0.1) is 4.90 Å². The standard InChI is InChI=1S/C19H23N3O3S/c20-18-9-8-15(25-13-12-22-10-4-5-11-22)14-17(18)19(21)26(23,24)16-6-2-1-3-7-16/h1-3,6-9,14,21H,4-5,10-13,20H2. The van der Waals surface area contributed by atoms with E-state index in [2.05, 4.69) is 4.90 Å². The van der Waals surface area contributed by atoms with E-state index in [0.717, 1.165) is 19.6 Å². The van der Waals surface area contributed by atoms with Crippen molar-refractivity contribution >= 4 is 20.6 Å². The molecule has 2 aromatic carbocycles. The predicted molar refractivity (Wildman–Crippen MR) is 102 cm³/mol. The molecule has 2 aromatic rings. The number of nitrogens with one attached hydrogen (secondary N) is 1. The number of nitrogens with zero attached hydrogens (tertiary/aromatic N) is 1. The fourth-order valence-corrected chi connectivity index (χ4v) is 4.20. The normalized spacial score (nSPS) is 15.1. The molecule has 0 amide bonds. The van der Waals surface area contributed by atoms with Gasteiger partial charge in [-0.3, -0.25) is 10.3 Å². The molecule has 3 rings (SSSR count). The summed E-state index contributed by atoms with van der Waals surface area (Å²) in [7, 11) is -3.93. The van der Waals surface area contributed by atoms with Crippen molar-refractivity contribution in [3.8, 4) is 5.75 Å². The number of hydrogen-bond donors (Lipinski definition) is 2. The fraction of sp³-hybridized carbons (Fsp3) is 0.316. The Morgan fingerprint density at radius 2 is 1.81 bits per heavy atom. The van der Waals surface area contributed by atoms with Gasteiger partial charge in [-0.05, 0) is 56.3 Å². The van der Waals surface area contributed by atoms with Crippen molar-refractivity contribution in [3.63, 3.8) is 0 Å². The summed E-state index contributed by atoms with van der Waals surface area (Å²) < 4.78 is 31.1. The molecule has 0 saturated carbocycles. The Morgan fingerprint density at radius 1 is 1.12 bits per heavy atom.